The van der Waals surface area contributed by atoms with Crippen LogP contribution in [0.3, 0.4) is 0 Å². The van der Waals surface area contributed by atoms with E-state index in [9.17, 15) is 10.2 Å². The van der Waals surface area contributed by atoms with Gasteiger partial charge in [0.1, 0.15) is 6.23 Å². The molecule has 1 unspecified atom stereocenters. The van der Waals surface area contributed by atoms with Crippen LogP contribution >= 0.6 is 0 Å². The quantitative estimate of drug-likeness (QED) is 0.472. The molecule has 0 spiro atoms. The van der Waals surface area contributed by atoms with Gasteiger partial charge < -0.3 is 19.7 Å². The second-order valence-electron chi connectivity index (χ2n) is 7.53. The zero-order valence-electron chi connectivity index (χ0n) is 17.4. The van der Waals surface area contributed by atoms with Gasteiger partial charge in [0.25, 0.3) is 0 Å². The lowest BCUT2D eigenvalue weighted by atomic mass is 9.97. The summed E-state index contributed by atoms with van der Waals surface area (Å²) in [6.45, 7) is 2.39. The SMILES string of the molecule is COc1cc(-c2cnn(-c3ccc(C(O)NCCC4CCOCC4)cn3)c2O)ccn1. The van der Waals surface area contributed by atoms with Crippen molar-refractivity contribution in [3.63, 3.8) is 0 Å². The lowest BCUT2D eigenvalue weighted by Gasteiger charge is -2.22. The van der Waals surface area contributed by atoms with Crippen molar-refractivity contribution in [3.05, 3.63) is 48.4 Å². The monoisotopic (exact) mass is 425 g/mol. The van der Waals surface area contributed by atoms with E-state index in [1.165, 1.54) is 11.8 Å². The minimum atomic E-state index is -0.799. The van der Waals surface area contributed by atoms with Gasteiger partial charge in [0.2, 0.25) is 11.8 Å². The molecular formula is C22H27N5O4. The number of hydrogen-bond donors (Lipinski definition) is 3. The first-order valence-corrected chi connectivity index (χ1v) is 10.4. The van der Waals surface area contributed by atoms with Crippen LogP contribution in [0.5, 0.6) is 11.8 Å². The summed E-state index contributed by atoms with van der Waals surface area (Å²) >= 11 is 0. The first-order valence-electron chi connectivity index (χ1n) is 10.4. The van der Waals surface area contributed by atoms with E-state index < -0.39 is 6.23 Å². The summed E-state index contributed by atoms with van der Waals surface area (Å²) in [5, 5.41) is 28.4. The smallest absolute Gasteiger partial charge is 0.223 e. The van der Waals surface area contributed by atoms with Crippen LogP contribution in [-0.4, -0.2) is 56.8 Å². The van der Waals surface area contributed by atoms with Gasteiger partial charge in [-0.2, -0.15) is 9.78 Å². The van der Waals surface area contributed by atoms with Crippen LogP contribution in [0.4, 0.5) is 0 Å². The van der Waals surface area contributed by atoms with Crippen LogP contribution in [0, 0.1) is 5.92 Å². The highest BCUT2D eigenvalue weighted by atomic mass is 16.5. The Bertz CT molecular complexity index is 986. The molecule has 31 heavy (non-hydrogen) atoms. The van der Waals surface area contributed by atoms with E-state index in [-0.39, 0.29) is 5.88 Å². The van der Waals surface area contributed by atoms with Gasteiger partial charge in [-0.05, 0) is 55.5 Å². The summed E-state index contributed by atoms with van der Waals surface area (Å²) in [6.07, 6.45) is 7.12. The van der Waals surface area contributed by atoms with E-state index in [1.807, 2.05) is 0 Å². The molecule has 1 aliphatic heterocycles. The summed E-state index contributed by atoms with van der Waals surface area (Å²) in [7, 11) is 1.54. The van der Waals surface area contributed by atoms with Crippen molar-refractivity contribution in [1.29, 1.82) is 0 Å². The Morgan fingerprint density at radius 1 is 1.23 bits per heavy atom. The van der Waals surface area contributed by atoms with Crippen LogP contribution in [0.2, 0.25) is 0 Å². The third-order valence-corrected chi connectivity index (χ3v) is 5.53. The summed E-state index contributed by atoms with van der Waals surface area (Å²) < 4.78 is 11.9. The maximum Gasteiger partial charge on any atom is 0.223 e. The molecule has 0 saturated carbocycles. The van der Waals surface area contributed by atoms with Crippen molar-refractivity contribution < 1.29 is 19.7 Å². The molecule has 1 atom stereocenters. The van der Waals surface area contributed by atoms with Crippen LogP contribution in [0.1, 0.15) is 31.1 Å². The average Bonchev–Trinajstić information content (AvgIpc) is 3.21. The lowest BCUT2D eigenvalue weighted by molar-refractivity contribution is 0.0613. The molecule has 4 rings (SSSR count). The maximum absolute atomic E-state index is 10.6. The van der Waals surface area contributed by atoms with E-state index in [0.717, 1.165) is 44.6 Å². The van der Waals surface area contributed by atoms with E-state index in [0.29, 0.717) is 28.7 Å². The Balaban J connectivity index is 1.40. The minimum absolute atomic E-state index is 0.0383. The number of rotatable bonds is 8. The van der Waals surface area contributed by atoms with Gasteiger partial charge in [-0.25, -0.2) is 9.97 Å². The van der Waals surface area contributed by atoms with Gasteiger partial charge in [0.05, 0.1) is 18.9 Å². The number of pyridine rings is 2. The number of aromatic hydroxyl groups is 1. The fourth-order valence-corrected chi connectivity index (χ4v) is 3.66. The van der Waals surface area contributed by atoms with Gasteiger partial charge in [-0.3, -0.25) is 5.32 Å². The Morgan fingerprint density at radius 2 is 2.06 bits per heavy atom. The van der Waals surface area contributed by atoms with E-state index in [4.69, 9.17) is 9.47 Å². The summed E-state index contributed by atoms with van der Waals surface area (Å²) in [5.74, 6) is 1.50. The Kier molecular flexibility index (Phi) is 6.76. The van der Waals surface area contributed by atoms with Crippen molar-refractivity contribution in [2.75, 3.05) is 26.9 Å². The molecule has 4 heterocycles. The van der Waals surface area contributed by atoms with Gasteiger partial charge in [-0.15, -0.1) is 0 Å². The van der Waals surface area contributed by atoms with Crippen LogP contribution in [0.15, 0.2) is 42.9 Å². The second kappa shape index (κ2) is 9.86. The number of methoxy groups -OCH3 is 1. The molecule has 1 fully saturated rings. The summed E-state index contributed by atoms with van der Waals surface area (Å²) in [6, 6.07) is 6.97. The number of aliphatic hydroxyl groups excluding tert-OH is 1. The number of nitrogens with one attached hydrogen (secondary N) is 1. The normalized spacial score (nSPS) is 15.7. The zero-order chi connectivity index (χ0) is 21.6. The molecule has 3 aromatic rings. The molecule has 9 heteroatoms. The molecule has 3 N–H and O–H groups in total. The first kappa shape index (κ1) is 21.2. The van der Waals surface area contributed by atoms with Gasteiger partial charge >= 0.3 is 0 Å². The van der Waals surface area contributed by atoms with Crippen LogP contribution in [-0.2, 0) is 4.74 Å². The molecule has 0 amide bonds. The second-order valence-corrected chi connectivity index (χ2v) is 7.53. The van der Waals surface area contributed by atoms with Gasteiger partial charge in [0.15, 0.2) is 5.82 Å². The number of aliphatic hydroxyl groups is 1. The summed E-state index contributed by atoms with van der Waals surface area (Å²) in [5.41, 5.74) is 1.93. The highest BCUT2D eigenvalue weighted by molar-refractivity contribution is 5.69. The molecule has 3 aromatic heterocycles. The third-order valence-electron chi connectivity index (χ3n) is 5.53. The highest BCUT2D eigenvalue weighted by Crippen LogP contribution is 2.31. The van der Waals surface area contributed by atoms with E-state index in [1.54, 1.807) is 42.9 Å². The molecule has 164 valence electrons. The van der Waals surface area contributed by atoms with E-state index >= 15 is 0 Å². The van der Waals surface area contributed by atoms with Crippen LogP contribution < -0.4 is 10.1 Å². The topological polar surface area (TPSA) is 115 Å². The standard InChI is InChI=1S/C22H27N5O4/c1-30-20-12-16(5-9-23-20)18-14-26-27(22(18)29)19-3-2-17(13-25-19)21(28)24-8-4-15-6-10-31-11-7-15/h2-3,5,9,12-15,21,24,28-29H,4,6-8,10-11H2,1H3. The predicted octanol–water partition coefficient (Wildman–Crippen LogP) is 2.44. The van der Waals surface area contributed by atoms with Crippen molar-refractivity contribution in [2.45, 2.75) is 25.5 Å². The maximum atomic E-state index is 10.6. The van der Waals surface area contributed by atoms with E-state index in [2.05, 4.69) is 20.4 Å². The Morgan fingerprint density at radius 3 is 2.81 bits per heavy atom. The number of hydrogen-bond acceptors (Lipinski definition) is 8. The molecule has 1 aliphatic rings. The average molecular weight is 425 g/mol. The molecule has 0 radical (unpaired) electrons. The van der Waals surface area contributed by atoms with Crippen molar-refractivity contribution in [1.82, 2.24) is 25.1 Å². The predicted molar refractivity (Wildman–Crippen MR) is 114 cm³/mol. The van der Waals surface area contributed by atoms with Crippen LogP contribution in [0.25, 0.3) is 16.9 Å². The number of ether oxygens (including phenoxy) is 2. The number of aromatic nitrogens is 4. The fourth-order valence-electron chi connectivity index (χ4n) is 3.66. The molecule has 0 aromatic carbocycles. The molecule has 0 aliphatic carbocycles. The van der Waals surface area contributed by atoms with Gasteiger partial charge in [0, 0.05) is 37.2 Å². The zero-order valence-corrected chi connectivity index (χ0v) is 17.4. The molecular weight excluding hydrogens is 398 g/mol. The number of nitrogens with zero attached hydrogens (tertiary/aromatic N) is 4. The molecule has 1 saturated heterocycles. The summed E-state index contributed by atoms with van der Waals surface area (Å²) in [4.78, 5) is 8.43. The third kappa shape index (κ3) is 5.01. The Hall–Kier alpha value is -3.01. The molecule has 0 bridgehead atoms. The van der Waals surface area contributed by atoms with Crippen molar-refractivity contribution >= 4 is 0 Å². The van der Waals surface area contributed by atoms with Crippen molar-refractivity contribution in [2.24, 2.45) is 5.92 Å². The largest absolute Gasteiger partial charge is 0.493 e. The van der Waals surface area contributed by atoms with Gasteiger partial charge in [-0.1, -0.05) is 0 Å². The lowest BCUT2D eigenvalue weighted by Crippen LogP contribution is -2.26. The first-order chi connectivity index (χ1) is 15.2. The van der Waals surface area contributed by atoms with Crippen molar-refractivity contribution in [3.8, 4) is 28.7 Å². The Labute approximate surface area is 180 Å². The minimum Gasteiger partial charge on any atom is -0.493 e. The molecule has 9 nitrogen and oxygen atoms in total. The highest BCUT2D eigenvalue weighted by Gasteiger charge is 2.17. The fraction of sp³-hybridized carbons (Fsp3) is 0.409.